The molecule has 0 aliphatic carbocycles. The number of rotatable bonds is 3. The van der Waals surface area contributed by atoms with Crippen molar-refractivity contribution in [3.8, 4) is 0 Å². The van der Waals surface area contributed by atoms with Gasteiger partial charge in [0.1, 0.15) is 0 Å². The molecule has 1 aliphatic heterocycles. The van der Waals surface area contributed by atoms with Gasteiger partial charge in [-0.15, -0.1) is 0 Å². The number of aromatic nitrogens is 1. The van der Waals surface area contributed by atoms with E-state index in [9.17, 15) is 9.90 Å². The van der Waals surface area contributed by atoms with Crippen molar-refractivity contribution in [2.75, 3.05) is 0 Å². The van der Waals surface area contributed by atoms with E-state index in [1.807, 2.05) is 31.2 Å². The van der Waals surface area contributed by atoms with Crippen LogP contribution in [0, 0.1) is 6.92 Å². The van der Waals surface area contributed by atoms with Crippen LogP contribution in [-0.2, 0) is 16.9 Å². The van der Waals surface area contributed by atoms with Crippen molar-refractivity contribution in [3.63, 3.8) is 0 Å². The number of pyridine rings is 1. The molecule has 5 nitrogen and oxygen atoms in total. The summed E-state index contributed by atoms with van der Waals surface area (Å²) in [6.07, 6.45) is 3.69. The van der Waals surface area contributed by atoms with Crippen molar-refractivity contribution < 1.29 is 9.90 Å². The minimum atomic E-state index is -1.46. The van der Waals surface area contributed by atoms with Gasteiger partial charge in [-0.1, -0.05) is 35.9 Å². The number of nitrogens with zero attached hydrogens (tertiary/aromatic N) is 3. The zero-order valence-electron chi connectivity index (χ0n) is 13.2. The first-order chi connectivity index (χ1) is 11.0. The van der Waals surface area contributed by atoms with Gasteiger partial charge in [0.25, 0.3) is 0 Å². The summed E-state index contributed by atoms with van der Waals surface area (Å²) < 4.78 is 0. The van der Waals surface area contributed by atoms with E-state index in [4.69, 9.17) is 0 Å². The maximum atomic E-state index is 12.7. The number of aliphatic hydroxyl groups is 1. The molecule has 0 spiro atoms. The Morgan fingerprint density at radius 3 is 2.65 bits per heavy atom. The molecule has 3 rings (SSSR count). The van der Waals surface area contributed by atoms with Gasteiger partial charge in [-0.05, 0) is 25.5 Å². The Hall–Kier alpha value is -2.53. The molecule has 1 aromatic heterocycles. The highest BCUT2D eigenvalue weighted by Crippen LogP contribution is 2.35. The number of carbonyl (C=O) groups is 1. The molecule has 0 saturated heterocycles. The molecule has 0 radical (unpaired) electrons. The topological polar surface area (TPSA) is 65.8 Å². The van der Waals surface area contributed by atoms with E-state index in [1.54, 1.807) is 31.5 Å². The first-order valence-electron chi connectivity index (χ1n) is 7.54. The molecule has 5 heteroatoms. The number of carbonyl (C=O) groups excluding carboxylic acids is 1. The van der Waals surface area contributed by atoms with Crippen LogP contribution in [0.3, 0.4) is 0 Å². The summed E-state index contributed by atoms with van der Waals surface area (Å²) in [6.45, 7) is 3.81. The van der Waals surface area contributed by atoms with E-state index in [1.165, 1.54) is 5.01 Å². The molecule has 0 bridgehead atoms. The van der Waals surface area contributed by atoms with Crippen molar-refractivity contribution in [2.45, 2.75) is 32.4 Å². The second-order valence-corrected chi connectivity index (χ2v) is 5.94. The Balaban J connectivity index is 1.86. The summed E-state index contributed by atoms with van der Waals surface area (Å²) in [6, 6.07) is 11.3. The van der Waals surface area contributed by atoms with E-state index < -0.39 is 5.72 Å². The lowest BCUT2D eigenvalue weighted by atomic mass is 9.99. The quantitative estimate of drug-likeness (QED) is 0.946. The molecule has 118 valence electrons. The van der Waals surface area contributed by atoms with Crippen molar-refractivity contribution in [1.29, 1.82) is 0 Å². The lowest BCUT2D eigenvalue weighted by Crippen LogP contribution is -2.44. The Labute approximate surface area is 135 Å². The van der Waals surface area contributed by atoms with Gasteiger partial charge in [0, 0.05) is 30.1 Å². The standard InChI is InChI=1S/C18H19N3O2/c1-13-5-7-15(8-6-13)10-17(22)21-18(23,11-14(2)20-21)16-4-3-9-19-12-16/h3-9,12,23H,10-11H2,1-2H3/t18-/m1/s1. The minimum absolute atomic E-state index is 0.194. The maximum absolute atomic E-state index is 12.7. The summed E-state index contributed by atoms with van der Waals surface area (Å²) in [5, 5.41) is 16.5. The van der Waals surface area contributed by atoms with E-state index in [2.05, 4.69) is 10.1 Å². The van der Waals surface area contributed by atoms with E-state index in [0.717, 1.165) is 11.1 Å². The summed E-state index contributed by atoms with van der Waals surface area (Å²) >= 11 is 0. The van der Waals surface area contributed by atoms with Crippen LogP contribution in [0.2, 0.25) is 0 Å². The van der Waals surface area contributed by atoms with Crippen LogP contribution < -0.4 is 0 Å². The zero-order chi connectivity index (χ0) is 16.4. The van der Waals surface area contributed by atoms with Gasteiger partial charge in [0.15, 0.2) is 5.72 Å². The molecule has 1 N–H and O–H groups in total. The number of hydrazone groups is 1. The first-order valence-corrected chi connectivity index (χ1v) is 7.54. The fourth-order valence-electron chi connectivity index (χ4n) is 2.76. The third-order valence-corrected chi connectivity index (χ3v) is 3.96. The Morgan fingerprint density at radius 2 is 2.00 bits per heavy atom. The molecular formula is C18H19N3O2. The zero-order valence-corrected chi connectivity index (χ0v) is 13.2. The van der Waals surface area contributed by atoms with E-state index in [0.29, 0.717) is 17.7 Å². The smallest absolute Gasteiger partial charge is 0.250 e. The van der Waals surface area contributed by atoms with Crippen LogP contribution in [-0.4, -0.2) is 26.7 Å². The summed E-state index contributed by atoms with van der Waals surface area (Å²) in [5.41, 5.74) is 1.86. The van der Waals surface area contributed by atoms with Gasteiger partial charge < -0.3 is 5.11 Å². The molecule has 1 atom stereocenters. The molecule has 2 aromatic rings. The van der Waals surface area contributed by atoms with Crippen LogP contribution in [0.25, 0.3) is 0 Å². The van der Waals surface area contributed by atoms with E-state index in [-0.39, 0.29) is 12.3 Å². The highest BCUT2D eigenvalue weighted by atomic mass is 16.3. The van der Waals surface area contributed by atoms with Crippen LogP contribution in [0.5, 0.6) is 0 Å². The molecule has 23 heavy (non-hydrogen) atoms. The molecule has 1 aliphatic rings. The molecular weight excluding hydrogens is 290 g/mol. The highest BCUT2D eigenvalue weighted by molar-refractivity contribution is 5.89. The van der Waals surface area contributed by atoms with Gasteiger partial charge in [0.05, 0.1) is 6.42 Å². The monoisotopic (exact) mass is 309 g/mol. The van der Waals surface area contributed by atoms with Crippen molar-refractivity contribution >= 4 is 11.6 Å². The van der Waals surface area contributed by atoms with Crippen LogP contribution in [0.15, 0.2) is 53.9 Å². The average Bonchev–Trinajstić information content (AvgIpc) is 2.87. The van der Waals surface area contributed by atoms with Crippen molar-refractivity contribution in [2.24, 2.45) is 5.10 Å². The number of aryl methyl sites for hydroxylation is 1. The molecule has 1 aromatic carbocycles. The first kappa shape index (κ1) is 15.4. The summed E-state index contributed by atoms with van der Waals surface area (Å²) in [4.78, 5) is 16.7. The van der Waals surface area contributed by atoms with E-state index >= 15 is 0 Å². The summed E-state index contributed by atoms with van der Waals surface area (Å²) in [7, 11) is 0. The molecule has 0 fully saturated rings. The second-order valence-electron chi connectivity index (χ2n) is 5.94. The Bertz CT molecular complexity index is 741. The lowest BCUT2D eigenvalue weighted by molar-refractivity contribution is -0.157. The van der Waals surface area contributed by atoms with Crippen LogP contribution >= 0.6 is 0 Å². The van der Waals surface area contributed by atoms with Gasteiger partial charge in [-0.2, -0.15) is 10.1 Å². The molecule has 2 heterocycles. The van der Waals surface area contributed by atoms with Crippen LogP contribution in [0.4, 0.5) is 0 Å². The van der Waals surface area contributed by atoms with Gasteiger partial charge >= 0.3 is 0 Å². The largest absolute Gasteiger partial charge is 0.365 e. The number of amides is 1. The third-order valence-electron chi connectivity index (χ3n) is 3.96. The van der Waals surface area contributed by atoms with Gasteiger partial charge in [0.2, 0.25) is 5.91 Å². The average molecular weight is 309 g/mol. The number of benzene rings is 1. The molecule has 1 amide bonds. The number of hydrogen-bond acceptors (Lipinski definition) is 4. The Kier molecular flexibility index (Phi) is 3.96. The summed E-state index contributed by atoms with van der Waals surface area (Å²) in [5.74, 6) is -0.239. The highest BCUT2D eigenvalue weighted by Gasteiger charge is 2.44. The minimum Gasteiger partial charge on any atom is -0.365 e. The maximum Gasteiger partial charge on any atom is 0.250 e. The fourth-order valence-corrected chi connectivity index (χ4v) is 2.76. The third kappa shape index (κ3) is 3.00. The van der Waals surface area contributed by atoms with Crippen molar-refractivity contribution in [1.82, 2.24) is 9.99 Å². The normalized spacial score (nSPS) is 20.5. The predicted molar refractivity (Wildman–Crippen MR) is 87.6 cm³/mol. The predicted octanol–water partition coefficient (Wildman–Crippen LogP) is 2.39. The lowest BCUT2D eigenvalue weighted by Gasteiger charge is -2.31. The SMILES string of the molecule is CC1=NN(C(=O)Cc2ccc(C)cc2)[C@](O)(c2cccnc2)C1. The Morgan fingerprint density at radius 1 is 1.26 bits per heavy atom. The molecule has 0 unspecified atom stereocenters. The van der Waals surface area contributed by atoms with Gasteiger partial charge in [-0.25, -0.2) is 0 Å². The van der Waals surface area contributed by atoms with Crippen molar-refractivity contribution in [3.05, 3.63) is 65.5 Å². The van der Waals surface area contributed by atoms with Crippen LogP contribution in [0.1, 0.15) is 30.0 Å². The second kappa shape index (κ2) is 5.93. The fraction of sp³-hybridized carbons (Fsp3) is 0.278. The number of hydrogen-bond donors (Lipinski definition) is 1. The molecule has 0 saturated carbocycles. The van der Waals surface area contributed by atoms with Gasteiger partial charge in [-0.3, -0.25) is 9.78 Å².